The van der Waals surface area contributed by atoms with Crippen LogP contribution < -0.4 is 0 Å². The van der Waals surface area contributed by atoms with Gasteiger partial charge in [0.1, 0.15) is 0 Å². The predicted molar refractivity (Wildman–Crippen MR) is 71.7 cm³/mol. The minimum atomic E-state index is 0.680. The number of halogens is 1. The Morgan fingerprint density at radius 3 is 2.56 bits per heavy atom. The number of aryl methyl sites for hydroxylation is 1. The van der Waals surface area contributed by atoms with Crippen LogP contribution in [-0.4, -0.2) is 0 Å². The number of hydrogen-bond donors (Lipinski definition) is 0. The summed E-state index contributed by atoms with van der Waals surface area (Å²) >= 11 is 3.58. The van der Waals surface area contributed by atoms with Crippen LogP contribution in [0.1, 0.15) is 49.7 Å². The first-order valence-corrected chi connectivity index (χ1v) is 7.34. The fraction of sp³-hybridized carbons (Fsp3) is 0.600. The van der Waals surface area contributed by atoms with Gasteiger partial charge in [-0.3, -0.25) is 0 Å². The fourth-order valence-electron chi connectivity index (χ4n) is 3.62. The zero-order valence-corrected chi connectivity index (χ0v) is 11.4. The lowest BCUT2D eigenvalue weighted by molar-refractivity contribution is 0.162. The molecule has 0 N–H and O–H groups in total. The van der Waals surface area contributed by atoms with Crippen molar-refractivity contribution in [2.45, 2.75) is 51.4 Å². The Labute approximate surface area is 107 Å². The first-order chi connectivity index (χ1) is 7.77. The summed E-state index contributed by atoms with van der Waals surface area (Å²) in [4.78, 5) is 0. The maximum Gasteiger partial charge on any atom is 0.0178 e. The lowest BCUT2D eigenvalue weighted by Crippen LogP contribution is -2.31. The van der Waals surface area contributed by atoms with Crippen LogP contribution in [0.15, 0.2) is 22.7 Å². The van der Waals surface area contributed by atoms with E-state index < -0.39 is 0 Å². The van der Waals surface area contributed by atoms with E-state index in [-0.39, 0.29) is 0 Å². The van der Waals surface area contributed by atoms with Crippen molar-refractivity contribution in [2.75, 3.05) is 0 Å². The van der Waals surface area contributed by atoms with Gasteiger partial charge in [0, 0.05) is 4.47 Å². The Morgan fingerprint density at radius 2 is 1.75 bits per heavy atom. The molecule has 1 aromatic rings. The molecule has 2 aliphatic carbocycles. The van der Waals surface area contributed by atoms with E-state index in [4.69, 9.17) is 0 Å². The van der Waals surface area contributed by atoms with Gasteiger partial charge in [0.05, 0.1) is 0 Å². The summed E-state index contributed by atoms with van der Waals surface area (Å²) in [6.07, 6.45) is 11.4. The van der Waals surface area contributed by atoms with E-state index in [1.807, 2.05) is 0 Å². The third kappa shape index (κ3) is 1.95. The highest BCUT2D eigenvalue weighted by molar-refractivity contribution is 9.10. The van der Waals surface area contributed by atoms with Crippen LogP contribution in [0.4, 0.5) is 0 Å². The zero-order chi connectivity index (χ0) is 11.0. The summed E-state index contributed by atoms with van der Waals surface area (Å²) in [6.45, 7) is 0. The Kier molecular flexibility index (Phi) is 2.83. The van der Waals surface area contributed by atoms with E-state index in [0.29, 0.717) is 5.41 Å². The van der Waals surface area contributed by atoms with E-state index in [9.17, 15) is 0 Å². The van der Waals surface area contributed by atoms with Crippen LogP contribution in [0, 0.1) is 5.41 Å². The highest BCUT2D eigenvalue weighted by Crippen LogP contribution is 2.46. The van der Waals surface area contributed by atoms with E-state index in [1.165, 1.54) is 55.8 Å². The number of rotatable bonds is 0. The number of fused-ring (bicyclic) bond motifs is 1. The lowest BCUT2D eigenvalue weighted by atomic mass is 9.64. The van der Waals surface area contributed by atoms with Gasteiger partial charge >= 0.3 is 0 Å². The molecule has 1 fully saturated rings. The lowest BCUT2D eigenvalue weighted by Gasteiger charge is -2.41. The SMILES string of the molecule is Brc1ccc2c(c1)CCC1(CCCCC1)C2. The maximum absolute atomic E-state index is 3.58. The minimum Gasteiger partial charge on any atom is -0.0576 e. The predicted octanol–water partition coefficient (Wildman–Crippen LogP) is 4.89. The average Bonchev–Trinajstić information content (AvgIpc) is 2.31. The van der Waals surface area contributed by atoms with Crippen molar-refractivity contribution in [3.63, 3.8) is 0 Å². The van der Waals surface area contributed by atoms with Crippen molar-refractivity contribution in [3.8, 4) is 0 Å². The van der Waals surface area contributed by atoms with Gasteiger partial charge in [0.15, 0.2) is 0 Å². The van der Waals surface area contributed by atoms with Crippen molar-refractivity contribution < 1.29 is 0 Å². The molecule has 1 aromatic carbocycles. The fourth-order valence-corrected chi connectivity index (χ4v) is 4.03. The molecule has 3 rings (SSSR count). The topological polar surface area (TPSA) is 0 Å². The number of hydrogen-bond acceptors (Lipinski definition) is 0. The highest BCUT2D eigenvalue weighted by Gasteiger charge is 2.35. The first kappa shape index (κ1) is 10.8. The molecule has 0 saturated heterocycles. The Hall–Kier alpha value is -0.300. The normalized spacial score (nSPS) is 23.1. The average molecular weight is 279 g/mol. The largest absolute Gasteiger partial charge is 0.0576 e. The molecule has 0 unspecified atom stereocenters. The molecule has 1 heteroatoms. The van der Waals surface area contributed by atoms with Crippen molar-refractivity contribution in [1.82, 2.24) is 0 Å². The molecule has 0 heterocycles. The third-order valence-corrected chi connectivity index (χ3v) is 5.07. The van der Waals surface area contributed by atoms with E-state index in [1.54, 1.807) is 11.1 Å². The van der Waals surface area contributed by atoms with Gasteiger partial charge in [-0.25, -0.2) is 0 Å². The smallest absolute Gasteiger partial charge is 0.0178 e. The van der Waals surface area contributed by atoms with E-state index in [2.05, 4.69) is 34.1 Å². The Balaban J connectivity index is 1.88. The van der Waals surface area contributed by atoms with Crippen LogP contribution in [0.3, 0.4) is 0 Å². The monoisotopic (exact) mass is 278 g/mol. The van der Waals surface area contributed by atoms with Crippen molar-refractivity contribution in [1.29, 1.82) is 0 Å². The third-order valence-electron chi connectivity index (χ3n) is 4.57. The maximum atomic E-state index is 3.58. The minimum absolute atomic E-state index is 0.680. The summed E-state index contributed by atoms with van der Waals surface area (Å²) in [7, 11) is 0. The van der Waals surface area contributed by atoms with Gasteiger partial charge in [-0.2, -0.15) is 0 Å². The molecule has 2 aliphatic rings. The first-order valence-electron chi connectivity index (χ1n) is 6.55. The zero-order valence-electron chi connectivity index (χ0n) is 9.77. The van der Waals surface area contributed by atoms with Gasteiger partial charge in [0.2, 0.25) is 0 Å². The van der Waals surface area contributed by atoms with Crippen LogP contribution in [0.5, 0.6) is 0 Å². The van der Waals surface area contributed by atoms with Gasteiger partial charge in [-0.05, 0) is 60.8 Å². The number of benzene rings is 1. The van der Waals surface area contributed by atoms with Crippen LogP contribution >= 0.6 is 15.9 Å². The molecule has 0 aromatic heterocycles. The van der Waals surface area contributed by atoms with Crippen molar-refractivity contribution in [2.24, 2.45) is 5.41 Å². The van der Waals surface area contributed by atoms with Crippen LogP contribution in [0.25, 0.3) is 0 Å². The van der Waals surface area contributed by atoms with Crippen molar-refractivity contribution in [3.05, 3.63) is 33.8 Å². The summed E-state index contributed by atoms with van der Waals surface area (Å²) in [6, 6.07) is 6.88. The Bertz CT molecular complexity index is 388. The molecule has 0 atom stereocenters. The molecule has 0 radical (unpaired) electrons. The molecule has 1 saturated carbocycles. The standard InChI is InChI=1S/C15H19Br/c16-14-5-4-13-11-15(7-2-1-3-8-15)9-6-12(13)10-14/h4-5,10H,1-3,6-9,11H2. The van der Waals surface area contributed by atoms with Crippen LogP contribution in [0.2, 0.25) is 0 Å². The van der Waals surface area contributed by atoms with Gasteiger partial charge in [-0.15, -0.1) is 0 Å². The van der Waals surface area contributed by atoms with Gasteiger partial charge in [-0.1, -0.05) is 41.3 Å². The summed E-state index contributed by atoms with van der Waals surface area (Å²) in [5.41, 5.74) is 3.89. The van der Waals surface area contributed by atoms with Crippen LogP contribution in [-0.2, 0) is 12.8 Å². The van der Waals surface area contributed by atoms with E-state index in [0.717, 1.165) is 0 Å². The molecule has 86 valence electrons. The molecule has 0 aliphatic heterocycles. The van der Waals surface area contributed by atoms with Gasteiger partial charge < -0.3 is 0 Å². The molecular weight excluding hydrogens is 260 g/mol. The van der Waals surface area contributed by atoms with Gasteiger partial charge in [0.25, 0.3) is 0 Å². The quantitative estimate of drug-likeness (QED) is 0.634. The second kappa shape index (κ2) is 4.18. The van der Waals surface area contributed by atoms with Crippen molar-refractivity contribution >= 4 is 15.9 Å². The molecule has 0 bridgehead atoms. The molecule has 1 spiro atoms. The van der Waals surface area contributed by atoms with E-state index >= 15 is 0 Å². The molecular formula is C15H19Br. The summed E-state index contributed by atoms with van der Waals surface area (Å²) in [5.74, 6) is 0. The summed E-state index contributed by atoms with van der Waals surface area (Å²) < 4.78 is 1.24. The summed E-state index contributed by atoms with van der Waals surface area (Å²) in [5, 5.41) is 0. The highest BCUT2D eigenvalue weighted by atomic mass is 79.9. The second-order valence-electron chi connectivity index (χ2n) is 5.65. The molecule has 0 nitrogen and oxygen atoms in total. The molecule has 0 amide bonds. The Morgan fingerprint density at radius 1 is 0.938 bits per heavy atom. The molecule has 16 heavy (non-hydrogen) atoms. The second-order valence-corrected chi connectivity index (χ2v) is 6.57.